The summed E-state index contributed by atoms with van der Waals surface area (Å²) in [7, 11) is 0. The van der Waals surface area contributed by atoms with Crippen molar-refractivity contribution in [3.05, 3.63) is 35.9 Å². The Morgan fingerprint density at radius 3 is 2.29 bits per heavy atom. The van der Waals surface area contributed by atoms with Crippen LogP contribution in [0.3, 0.4) is 0 Å². The summed E-state index contributed by atoms with van der Waals surface area (Å²) in [5, 5.41) is 9.39. The average Bonchev–Trinajstić information content (AvgIpc) is 2.42. The van der Waals surface area contributed by atoms with E-state index in [2.05, 4.69) is 6.92 Å². The molecule has 1 unspecified atom stereocenters. The Morgan fingerprint density at radius 2 is 1.81 bits per heavy atom. The zero-order valence-electron chi connectivity index (χ0n) is 13.7. The molecule has 0 aliphatic heterocycles. The molecule has 1 aromatic carbocycles. The maximum Gasteiger partial charge on any atom is 0.410 e. The molecule has 1 N–H and O–H groups in total. The van der Waals surface area contributed by atoms with Gasteiger partial charge in [-0.15, -0.1) is 0 Å². The van der Waals surface area contributed by atoms with Crippen molar-refractivity contribution in [3.63, 3.8) is 0 Å². The van der Waals surface area contributed by atoms with Gasteiger partial charge >= 0.3 is 6.09 Å². The van der Waals surface area contributed by atoms with Crippen molar-refractivity contribution < 1.29 is 14.6 Å². The van der Waals surface area contributed by atoms with Gasteiger partial charge in [0, 0.05) is 6.54 Å². The van der Waals surface area contributed by atoms with Crippen molar-refractivity contribution in [1.82, 2.24) is 4.90 Å². The Labute approximate surface area is 127 Å². The lowest BCUT2D eigenvalue weighted by atomic mass is 10.0. The molecule has 4 nitrogen and oxygen atoms in total. The summed E-state index contributed by atoms with van der Waals surface area (Å²) >= 11 is 0. The van der Waals surface area contributed by atoms with Gasteiger partial charge in [0.1, 0.15) is 5.60 Å². The SMILES string of the molecule is CC(CN(C(=O)OC(C)(C)C)[C@@H](C)CO)c1ccccc1. The van der Waals surface area contributed by atoms with E-state index in [1.54, 1.807) is 4.90 Å². The zero-order chi connectivity index (χ0) is 16.0. The maximum atomic E-state index is 12.3. The maximum absolute atomic E-state index is 12.3. The summed E-state index contributed by atoms with van der Waals surface area (Å²) in [4.78, 5) is 13.9. The molecule has 1 amide bonds. The van der Waals surface area contributed by atoms with Gasteiger partial charge in [0.15, 0.2) is 0 Å². The third kappa shape index (κ3) is 5.76. The minimum atomic E-state index is -0.541. The number of carbonyl (C=O) groups is 1. The lowest BCUT2D eigenvalue weighted by molar-refractivity contribution is 0.0104. The highest BCUT2D eigenvalue weighted by molar-refractivity contribution is 5.68. The molecule has 0 spiro atoms. The number of hydrogen-bond donors (Lipinski definition) is 1. The highest BCUT2D eigenvalue weighted by atomic mass is 16.6. The molecule has 0 fully saturated rings. The number of hydrogen-bond acceptors (Lipinski definition) is 3. The van der Waals surface area contributed by atoms with Crippen LogP contribution in [-0.4, -0.2) is 40.9 Å². The van der Waals surface area contributed by atoms with Crippen LogP contribution in [0.15, 0.2) is 30.3 Å². The predicted octanol–water partition coefficient (Wildman–Crippen LogP) is 3.41. The average molecular weight is 293 g/mol. The molecule has 0 heterocycles. The van der Waals surface area contributed by atoms with Crippen LogP contribution < -0.4 is 0 Å². The van der Waals surface area contributed by atoms with Crippen molar-refractivity contribution in [3.8, 4) is 0 Å². The van der Waals surface area contributed by atoms with Crippen LogP contribution in [0, 0.1) is 0 Å². The normalized spacial score (nSPS) is 14.4. The Hall–Kier alpha value is -1.55. The topological polar surface area (TPSA) is 49.8 Å². The quantitative estimate of drug-likeness (QED) is 0.905. The largest absolute Gasteiger partial charge is 0.444 e. The summed E-state index contributed by atoms with van der Waals surface area (Å²) in [5.74, 6) is 0.174. The van der Waals surface area contributed by atoms with E-state index in [-0.39, 0.29) is 24.7 Å². The van der Waals surface area contributed by atoms with Gasteiger partial charge in [-0.2, -0.15) is 0 Å². The first-order valence-electron chi connectivity index (χ1n) is 7.40. The number of amides is 1. The fourth-order valence-electron chi connectivity index (χ4n) is 2.04. The van der Waals surface area contributed by atoms with E-state index in [1.807, 2.05) is 58.0 Å². The summed E-state index contributed by atoms with van der Waals surface area (Å²) in [6.45, 7) is 9.84. The highest BCUT2D eigenvalue weighted by Crippen LogP contribution is 2.19. The number of ether oxygens (including phenoxy) is 1. The Morgan fingerprint density at radius 1 is 1.24 bits per heavy atom. The van der Waals surface area contributed by atoms with Crippen LogP contribution in [0.1, 0.15) is 46.1 Å². The van der Waals surface area contributed by atoms with Crippen molar-refractivity contribution in [2.75, 3.05) is 13.2 Å². The van der Waals surface area contributed by atoms with Gasteiger partial charge < -0.3 is 14.7 Å². The summed E-state index contributed by atoms with van der Waals surface area (Å²) < 4.78 is 5.44. The van der Waals surface area contributed by atoms with Crippen LogP contribution in [0.5, 0.6) is 0 Å². The van der Waals surface area contributed by atoms with Gasteiger partial charge in [0.25, 0.3) is 0 Å². The van der Waals surface area contributed by atoms with E-state index in [9.17, 15) is 9.90 Å². The first kappa shape index (κ1) is 17.5. The molecule has 0 bridgehead atoms. The van der Waals surface area contributed by atoms with Crippen molar-refractivity contribution in [2.24, 2.45) is 0 Å². The van der Waals surface area contributed by atoms with Crippen LogP contribution in [0.2, 0.25) is 0 Å². The number of aliphatic hydroxyl groups is 1. The van der Waals surface area contributed by atoms with Gasteiger partial charge in [-0.3, -0.25) is 0 Å². The number of rotatable bonds is 5. The predicted molar refractivity (Wildman–Crippen MR) is 84.3 cm³/mol. The van der Waals surface area contributed by atoms with Crippen molar-refractivity contribution in [1.29, 1.82) is 0 Å². The molecule has 0 aromatic heterocycles. The standard InChI is InChI=1S/C17H27NO3/c1-13(15-9-7-6-8-10-15)11-18(14(2)12-19)16(20)21-17(3,4)5/h6-10,13-14,19H,11-12H2,1-5H3/t13?,14-/m0/s1. The molecule has 4 heteroatoms. The van der Waals surface area contributed by atoms with Crippen molar-refractivity contribution >= 4 is 6.09 Å². The second-order valence-electron chi connectivity index (χ2n) is 6.48. The van der Waals surface area contributed by atoms with Crippen LogP contribution in [-0.2, 0) is 4.74 Å². The zero-order valence-corrected chi connectivity index (χ0v) is 13.7. The molecule has 0 saturated heterocycles. The number of carbonyl (C=O) groups excluding carboxylic acids is 1. The minimum Gasteiger partial charge on any atom is -0.444 e. The lowest BCUT2D eigenvalue weighted by Gasteiger charge is -2.32. The lowest BCUT2D eigenvalue weighted by Crippen LogP contribution is -2.45. The molecule has 0 aliphatic carbocycles. The summed E-state index contributed by atoms with van der Waals surface area (Å²) in [5.41, 5.74) is 0.622. The highest BCUT2D eigenvalue weighted by Gasteiger charge is 2.27. The molecule has 1 aromatic rings. The molecule has 0 saturated carbocycles. The number of aliphatic hydroxyl groups excluding tert-OH is 1. The minimum absolute atomic E-state index is 0.0826. The first-order chi connectivity index (χ1) is 9.74. The molecule has 21 heavy (non-hydrogen) atoms. The molecular weight excluding hydrogens is 266 g/mol. The number of nitrogens with zero attached hydrogens (tertiary/aromatic N) is 1. The van der Waals surface area contributed by atoms with Gasteiger partial charge in [0.2, 0.25) is 0 Å². The molecule has 2 atom stereocenters. The smallest absolute Gasteiger partial charge is 0.410 e. The van der Waals surface area contributed by atoms with E-state index < -0.39 is 5.60 Å². The van der Waals surface area contributed by atoms with Gasteiger partial charge in [0.05, 0.1) is 12.6 Å². The van der Waals surface area contributed by atoms with Gasteiger partial charge in [-0.1, -0.05) is 37.3 Å². The Kier molecular flexibility index (Phi) is 6.21. The molecular formula is C17H27NO3. The first-order valence-corrected chi connectivity index (χ1v) is 7.40. The third-order valence-corrected chi connectivity index (χ3v) is 3.26. The molecule has 0 radical (unpaired) electrons. The fourth-order valence-corrected chi connectivity index (χ4v) is 2.04. The summed E-state index contributed by atoms with van der Waals surface area (Å²) in [6.07, 6.45) is -0.383. The monoisotopic (exact) mass is 293 g/mol. The van der Waals surface area contributed by atoms with Crippen molar-refractivity contribution in [2.45, 2.75) is 52.2 Å². The second kappa shape index (κ2) is 7.46. The number of benzene rings is 1. The third-order valence-electron chi connectivity index (χ3n) is 3.26. The van der Waals surface area contributed by atoms with E-state index in [4.69, 9.17) is 4.74 Å². The van der Waals surface area contributed by atoms with E-state index in [0.717, 1.165) is 5.56 Å². The Balaban J connectivity index is 2.81. The molecule has 1 rings (SSSR count). The molecule has 0 aliphatic rings. The Bertz CT molecular complexity index is 439. The second-order valence-corrected chi connectivity index (χ2v) is 6.48. The fraction of sp³-hybridized carbons (Fsp3) is 0.588. The van der Waals surface area contributed by atoms with Crippen LogP contribution in [0.25, 0.3) is 0 Å². The van der Waals surface area contributed by atoms with E-state index >= 15 is 0 Å². The van der Waals surface area contributed by atoms with Gasteiger partial charge in [-0.25, -0.2) is 4.79 Å². The van der Waals surface area contributed by atoms with Crippen LogP contribution in [0.4, 0.5) is 4.79 Å². The van der Waals surface area contributed by atoms with Gasteiger partial charge in [-0.05, 0) is 39.2 Å². The van der Waals surface area contributed by atoms with E-state index in [0.29, 0.717) is 6.54 Å². The van der Waals surface area contributed by atoms with Crippen LogP contribution >= 0.6 is 0 Å². The summed E-state index contributed by atoms with van der Waals surface area (Å²) in [6, 6.07) is 9.76. The van der Waals surface area contributed by atoms with E-state index in [1.165, 1.54) is 0 Å². The molecule has 118 valence electrons.